The Labute approximate surface area is 149 Å². The van der Waals surface area contributed by atoms with Crippen LogP contribution in [0.2, 0.25) is 5.02 Å². The number of rotatable bonds is 2. The number of imidazole rings is 1. The molecule has 1 atom stereocenters. The average molecular weight is 358 g/mol. The molecule has 0 spiro atoms. The normalized spacial score (nSPS) is 17.8. The molecular formula is C19H17ClFN3O. The first-order valence-corrected chi connectivity index (χ1v) is 8.68. The van der Waals surface area contributed by atoms with Crippen LogP contribution in [0.4, 0.5) is 4.39 Å². The van der Waals surface area contributed by atoms with Crippen LogP contribution in [-0.2, 0) is 0 Å². The minimum absolute atomic E-state index is 0.0645. The molecule has 0 aliphatic carbocycles. The molecule has 1 fully saturated rings. The number of likely N-dealkylation sites (tertiary alicyclic amines) is 1. The summed E-state index contributed by atoms with van der Waals surface area (Å²) in [5.74, 6) is 0.133. The van der Waals surface area contributed by atoms with Crippen molar-refractivity contribution >= 4 is 28.5 Å². The van der Waals surface area contributed by atoms with Crippen molar-refractivity contribution in [1.82, 2.24) is 14.9 Å². The molecule has 1 amide bonds. The zero-order valence-electron chi connectivity index (χ0n) is 13.5. The molecule has 25 heavy (non-hydrogen) atoms. The molecule has 2 aromatic carbocycles. The summed E-state index contributed by atoms with van der Waals surface area (Å²) in [4.78, 5) is 22.4. The van der Waals surface area contributed by atoms with E-state index in [0.717, 1.165) is 29.7 Å². The maximum atomic E-state index is 14.1. The van der Waals surface area contributed by atoms with Gasteiger partial charge < -0.3 is 9.88 Å². The first kappa shape index (κ1) is 16.1. The first-order chi connectivity index (χ1) is 12.1. The van der Waals surface area contributed by atoms with E-state index in [9.17, 15) is 9.18 Å². The van der Waals surface area contributed by atoms with Gasteiger partial charge in [0.25, 0.3) is 5.91 Å². The molecule has 0 bridgehead atoms. The molecule has 0 saturated carbocycles. The van der Waals surface area contributed by atoms with Crippen molar-refractivity contribution in [2.75, 3.05) is 13.1 Å². The van der Waals surface area contributed by atoms with Crippen LogP contribution < -0.4 is 0 Å². The number of carbonyl (C=O) groups is 1. The summed E-state index contributed by atoms with van der Waals surface area (Å²) in [5.41, 5.74) is 1.98. The van der Waals surface area contributed by atoms with Gasteiger partial charge in [-0.3, -0.25) is 4.79 Å². The van der Waals surface area contributed by atoms with Crippen molar-refractivity contribution in [3.63, 3.8) is 0 Å². The zero-order valence-corrected chi connectivity index (χ0v) is 14.3. The van der Waals surface area contributed by atoms with E-state index in [4.69, 9.17) is 11.6 Å². The second kappa shape index (κ2) is 6.48. The highest BCUT2D eigenvalue weighted by molar-refractivity contribution is 6.30. The predicted molar refractivity (Wildman–Crippen MR) is 95.4 cm³/mol. The second-order valence-electron chi connectivity index (χ2n) is 6.35. The number of nitrogens with one attached hydrogen (secondary N) is 1. The number of aromatic amines is 1. The summed E-state index contributed by atoms with van der Waals surface area (Å²) in [6.45, 7) is 1.15. The van der Waals surface area contributed by atoms with E-state index < -0.39 is 5.82 Å². The quantitative estimate of drug-likeness (QED) is 0.740. The number of carbonyl (C=O) groups excluding carboxylic acids is 1. The Morgan fingerprint density at radius 2 is 2.12 bits per heavy atom. The molecule has 3 aromatic rings. The topological polar surface area (TPSA) is 49.0 Å². The number of para-hydroxylation sites is 2. The van der Waals surface area contributed by atoms with Gasteiger partial charge in [-0.25, -0.2) is 9.37 Å². The van der Waals surface area contributed by atoms with E-state index >= 15 is 0 Å². The van der Waals surface area contributed by atoms with Crippen LogP contribution in [0.3, 0.4) is 0 Å². The van der Waals surface area contributed by atoms with Crippen LogP contribution in [-0.4, -0.2) is 33.9 Å². The fourth-order valence-corrected chi connectivity index (χ4v) is 3.54. The highest BCUT2D eigenvalue weighted by Gasteiger charge is 2.28. The Bertz CT molecular complexity index is 906. The smallest absolute Gasteiger partial charge is 0.256 e. The molecule has 1 aromatic heterocycles. The highest BCUT2D eigenvalue weighted by Crippen LogP contribution is 2.28. The van der Waals surface area contributed by atoms with E-state index in [-0.39, 0.29) is 22.4 Å². The number of benzene rings is 2. The lowest BCUT2D eigenvalue weighted by Gasteiger charge is -2.32. The van der Waals surface area contributed by atoms with Crippen molar-refractivity contribution in [3.05, 3.63) is 64.7 Å². The summed E-state index contributed by atoms with van der Waals surface area (Å²) in [6, 6.07) is 12.0. The van der Waals surface area contributed by atoms with E-state index in [1.54, 1.807) is 11.0 Å². The standard InChI is InChI=1S/C19H17ClFN3O/c20-13-7-8-14(15(21)10-13)19(25)24-9-3-4-12(11-24)18-22-16-5-1-2-6-17(16)23-18/h1-2,5-8,10,12H,3-4,9,11H2,(H,22,23)/t12-/m1/s1. The van der Waals surface area contributed by atoms with E-state index in [1.807, 2.05) is 24.3 Å². The minimum atomic E-state index is -0.580. The summed E-state index contributed by atoms with van der Waals surface area (Å²) < 4.78 is 14.1. The number of halogens is 2. The van der Waals surface area contributed by atoms with Gasteiger partial charge in [0, 0.05) is 24.0 Å². The molecule has 1 aliphatic rings. The van der Waals surface area contributed by atoms with Crippen LogP contribution in [0.15, 0.2) is 42.5 Å². The number of hydrogen-bond acceptors (Lipinski definition) is 2. The second-order valence-corrected chi connectivity index (χ2v) is 6.79. The zero-order chi connectivity index (χ0) is 17.4. The molecule has 128 valence electrons. The number of hydrogen-bond donors (Lipinski definition) is 1. The molecule has 0 radical (unpaired) electrons. The lowest BCUT2D eigenvalue weighted by molar-refractivity contribution is 0.0700. The molecular weight excluding hydrogens is 341 g/mol. The van der Waals surface area contributed by atoms with Crippen molar-refractivity contribution in [2.45, 2.75) is 18.8 Å². The maximum absolute atomic E-state index is 14.1. The molecule has 1 aliphatic heterocycles. The van der Waals surface area contributed by atoms with Gasteiger partial charge in [-0.05, 0) is 43.2 Å². The minimum Gasteiger partial charge on any atom is -0.342 e. The van der Waals surface area contributed by atoms with Gasteiger partial charge in [-0.1, -0.05) is 23.7 Å². The van der Waals surface area contributed by atoms with E-state index in [2.05, 4.69) is 9.97 Å². The Balaban J connectivity index is 1.57. The Morgan fingerprint density at radius 1 is 1.28 bits per heavy atom. The fraction of sp³-hybridized carbons (Fsp3) is 0.263. The lowest BCUT2D eigenvalue weighted by atomic mass is 9.96. The van der Waals surface area contributed by atoms with Crippen LogP contribution >= 0.6 is 11.6 Å². The molecule has 0 unspecified atom stereocenters. The van der Waals surface area contributed by atoms with Gasteiger partial charge in [0.15, 0.2) is 0 Å². The third-order valence-corrected chi connectivity index (χ3v) is 4.90. The van der Waals surface area contributed by atoms with E-state index in [0.29, 0.717) is 13.1 Å². The largest absolute Gasteiger partial charge is 0.342 e. The summed E-state index contributed by atoms with van der Waals surface area (Å²) >= 11 is 5.77. The molecule has 1 saturated heterocycles. The molecule has 2 heterocycles. The van der Waals surface area contributed by atoms with Gasteiger partial charge in [0.1, 0.15) is 11.6 Å². The molecule has 4 nitrogen and oxygen atoms in total. The fourth-order valence-electron chi connectivity index (χ4n) is 3.38. The average Bonchev–Trinajstić information content (AvgIpc) is 3.05. The van der Waals surface area contributed by atoms with Gasteiger partial charge in [-0.2, -0.15) is 0 Å². The monoisotopic (exact) mass is 357 g/mol. The summed E-state index contributed by atoms with van der Waals surface area (Å²) in [5, 5.41) is 0.285. The van der Waals surface area contributed by atoms with Crippen LogP contribution in [0.25, 0.3) is 11.0 Å². The Morgan fingerprint density at radius 3 is 2.92 bits per heavy atom. The number of nitrogens with zero attached hydrogens (tertiary/aromatic N) is 2. The third kappa shape index (κ3) is 3.12. The Hall–Kier alpha value is -2.40. The Kier molecular flexibility index (Phi) is 4.17. The van der Waals surface area contributed by atoms with Crippen molar-refractivity contribution in [2.24, 2.45) is 0 Å². The van der Waals surface area contributed by atoms with E-state index in [1.165, 1.54) is 12.1 Å². The van der Waals surface area contributed by atoms with Gasteiger partial charge in [0.2, 0.25) is 0 Å². The van der Waals surface area contributed by atoms with Crippen LogP contribution in [0, 0.1) is 5.82 Å². The number of aromatic nitrogens is 2. The first-order valence-electron chi connectivity index (χ1n) is 8.31. The maximum Gasteiger partial charge on any atom is 0.256 e. The highest BCUT2D eigenvalue weighted by atomic mass is 35.5. The molecule has 1 N–H and O–H groups in total. The number of piperidine rings is 1. The molecule has 6 heteroatoms. The number of amides is 1. The number of H-pyrrole nitrogens is 1. The van der Waals surface area contributed by atoms with Crippen molar-refractivity contribution < 1.29 is 9.18 Å². The third-order valence-electron chi connectivity index (χ3n) is 4.66. The van der Waals surface area contributed by atoms with Crippen LogP contribution in [0.1, 0.15) is 34.9 Å². The van der Waals surface area contributed by atoms with Crippen molar-refractivity contribution in [1.29, 1.82) is 0 Å². The van der Waals surface area contributed by atoms with Crippen molar-refractivity contribution in [3.8, 4) is 0 Å². The summed E-state index contributed by atoms with van der Waals surface area (Å²) in [6.07, 6.45) is 1.81. The van der Waals surface area contributed by atoms with Gasteiger partial charge in [0.05, 0.1) is 16.6 Å². The van der Waals surface area contributed by atoms with Gasteiger partial charge >= 0.3 is 0 Å². The number of fused-ring (bicyclic) bond motifs is 1. The predicted octanol–water partition coefficient (Wildman–Crippen LogP) is 4.38. The SMILES string of the molecule is O=C(c1ccc(Cl)cc1F)N1CCC[C@@H](c2nc3ccccc3[nH]2)C1. The molecule has 4 rings (SSSR count). The summed E-state index contributed by atoms with van der Waals surface area (Å²) in [7, 11) is 0. The lowest BCUT2D eigenvalue weighted by Crippen LogP contribution is -2.39. The van der Waals surface area contributed by atoms with Gasteiger partial charge in [-0.15, -0.1) is 0 Å². The van der Waals surface area contributed by atoms with Crippen LogP contribution in [0.5, 0.6) is 0 Å².